The molecule has 22 heavy (non-hydrogen) atoms. The zero-order valence-corrected chi connectivity index (χ0v) is 14.7. The molecule has 4 nitrogen and oxygen atoms in total. The maximum atomic E-state index is 12.5. The molecule has 0 radical (unpaired) electrons. The van der Waals surface area contributed by atoms with Crippen LogP contribution in [0.3, 0.4) is 0 Å². The van der Waals surface area contributed by atoms with Crippen LogP contribution in [0.2, 0.25) is 0 Å². The van der Waals surface area contributed by atoms with E-state index in [2.05, 4.69) is 12.2 Å². The van der Waals surface area contributed by atoms with Crippen molar-refractivity contribution < 1.29 is 14.3 Å². The molecule has 1 unspecified atom stereocenters. The van der Waals surface area contributed by atoms with Crippen molar-refractivity contribution in [3.05, 3.63) is 23.3 Å². The fraction of sp³-hybridized carbons (Fsp3) is 0.611. The number of ether oxygens (including phenoxy) is 2. The van der Waals surface area contributed by atoms with Crippen molar-refractivity contribution in [2.75, 3.05) is 19.0 Å². The lowest BCUT2D eigenvalue weighted by atomic mass is 9.97. The van der Waals surface area contributed by atoms with E-state index in [0.717, 1.165) is 35.4 Å². The highest BCUT2D eigenvalue weighted by molar-refractivity contribution is 5.97. The largest absolute Gasteiger partial charge is 0.493 e. The minimum absolute atomic E-state index is 0.105. The number of benzene rings is 1. The van der Waals surface area contributed by atoms with Crippen LogP contribution in [0.15, 0.2) is 12.1 Å². The molecule has 1 atom stereocenters. The molecule has 0 heterocycles. The maximum absolute atomic E-state index is 12.5. The summed E-state index contributed by atoms with van der Waals surface area (Å²) >= 11 is 0. The SMILES string of the molecule is CCCCC(C)(OC)C(=O)Nc1cc(C)c(OCC)c(C)c1. The van der Waals surface area contributed by atoms with Gasteiger partial charge in [-0.15, -0.1) is 0 Å². The van der Waals surface area contributed by atoms with Crippen molar-refractivity contribution in [1.29, 1.82) is 0 Å². The Hall–Kier alpha value is -1.55. The summed E-state index contributed by atoms with van der Waals surface area (Å²) in [7, 11) is 1.59. The first-order chi connectivity index (χ1) is 10.4. The molecule has 1 N–H and O–H groups in total. The van der Waals surface area contributed by atoms with Crippen LogP contribution >= 0.6 is 0 Å². The van der Waals surface area contributed by atoms with Gasteiger partial charge in [0, 0.05) is 12.8 Å². The standard InChI is InChI=1S/C18H29NO3/c1-7-9-10-18(5,21-6)17(20)19-15-11-13(3)16(22-8-2)14(4)12-15/h11-12H,7-10H2,1-6H3,(H,19,20). The number of hydrogen-bond donors (Lipinski definition) is 1. The first kappa shape index (κ1) is 18.5. The number of rotatable bonds is 8. The van der Waals surface area contributed by atoms with Gasteiger partial charge in [0.05, 0.1) is 6.61 Å². The van der Waals surface area contributed by atoms with Crippen molar-refractivity contribution in [3.63, 3.8) is 0 Å². The van der Waals surface area contributed by atoms with Gasteiger partial charge >= 0.3 is 0 Å². The average Bonchev–Trinajstić information content (AvgIpc) is 2.48. The monoisotopic (exact) mass is 307 g/mol. The normalized spacial score (nSPS) is 13.5. The van der Waals surface area contributed by atoms with E-state index in [-0.39, 0.29) is 5.91 Å². The topological polar surface area (TPSA) is 47.6 Å². The zero-order chi connectivity index (χ0) is 16.8. The van der Waals surface area contributed by atoms with E-state index in [1.165, 1.54) is 0 Å². The van der Waals surface area contributed by atoms with Crippen LogP contribution in [0, 0.1) is 13.8 Å². The summed E-state index contributed by atoms with van der Waals surface area (Å²) in [4.78, 5) is 12.5. The van der Waals surface area contributed by atoms with Crippen LogP contribution in [0.4, 0.5) is 5.69 Å². The van der Waals surface area contributed by atoms with Gasteiger partial charge in [-0.05, 0) is 57.4 Å². The summed E-state index contributed by atoms with van der Waals surface area (Å²) in [6.07, 6.45) is 2.70. The van der Waals surface area contributed by atoms with Gasteiger partial charge in [-0.2, -0.15) is 0 Å². The Morgan fingerprint density at radius 1 is 1.23 bits per heavy atom. The smallest absolute Gasteiger partial charge is 0.256 e. The molecule has 0 aliphatic carbocycles. The third kappa shape index (κ3) is 4.47. The van der Waals surface area contributed by atoms with E-state index in [1.54, 1.807) is 7.11 Å². The molecular formula is C18H29NO3. The number of carbonyl (C=O) groups is 1. The molecule has 0 aliphatic rings. The van der Waals surface area contributed by atoms with Crippen molar-refractivity contribution in [2.45, 2.75) is 59.5 Å². The highest BCUT2D eigenvalue weighted by Gasteiger charge is 2.32. The third-order valence-corrected chi connectivity index (χ3v) is 3.95. The second-order valence-electron chi connectivity index (χ2n) is 5.86. The Kier molecular flexibility index (Phi) is 6.88. The Labute approximate surface area is 134 Å². The molecule has 0 aliphatic heterocycles. The Morgan fingerprint density at radius 3 is 2.27 bits per heavy atom. The van der Waals surface area contributed by atoms with Crippen molar-refractivity contribution in [2.24, 2.45) is 0 Å². The molecule has 0 fully saturated rings. The van der Waals surface area contributed by atoms with Crippen molar-refractivity contribution in [1.82, 2.24) is 0 Å². The van der Waals surface area contributed by atoms with Crippen LogP contribution < -0.4 is 10.1 Å². The van der Waals surface area contributed by atoms with Gasteiger partial charge in [0.2, 0.25) is 0 Å². The molecule has 0 bridgehead atoms. The number of amides is 1. The summed E-state index contributed by atoms with van der Waals surface area (Å²) in [6, 6.07) is 3.87. The quantitative estimate of drug-likeness (QED) is 0.781. The van der Waals surface area contributed by atoms with Crippen molar-refractivity contribution >= 4 is 11.6 Å². The second kappa shape index (κ2) is 8.18. The minimum atomic E-state index is -0.795. The molecule has 0 spiro atoms. The number of methoxy groups -OCH3 is 1. The highest BCUT2D eigenvalue weighted by atomic mass is 16.5. The number of nitrogens with one attached hydrogen (secondary N) is 1. The molecule has 1 amide bonds. The molecule has 1 aromatic rings. The Balaban J connectivity index is 2.92. The fourth-order valence-electron chi connectivity index (χ4n) is 2.48. The van der Waals surface area contributed by atoms with Gasteiger partial charge in [0.1, 0.15) is 11.4 Å². The lowest BCUT2D eigenvalue weighted by Crippen LogP contribution is -2.41. The van der Waals surface area contributed by atoms with Crippen LogP contribution in [0.25, 0.3) is 0 Å². The van der Waals surface area contributed by atoms with Crippen LogP contribution in [-0.2, 0) is 9.53 Å². The van der Waals surface area contributed by atoms with E-state index in [4.69, 9.17) is 9.47 Å². The molecule has 0 saturated carbocycles. The molecule has 1 rings (SSSR count). The van der Waals surface area contributed by atoms with Crippen LogP contribution in [-0.4, -0.2) is 25.2 Å². The molecule has 124 valence electrons. The number of unbranched alkanes of at least 4 members (excludes halogenated alkanes) is 1. The average molecular weight is 307 g/mol. The first-order valence-corrected chi connectivity index (χ1v) is 7.98. The summed E-state index contributed by atoms with van der Waals surface area (Å²) in [5.74, 6) is 0.785. The summed E-state index contributed by atoms with van der Waals surface area (Å²) in [5.41, 5.74) is 2.02. The zero-order valence-electron chi connectivity index (χ0n) is 14.7. The van der Waals surface area contributed by atoms with E-state index in [0.29, 0.717) is 13.0 Å². The Morgan fingerprint density at radius 2 is 1.82 bits per heavy atom. The van der Waals surface area contributed by atoms with E-state index in [1.807, 2.05) is 39.8 Å². The van der Waals surface area contributed by atoms with Gasteiger partial charge < -0.3 is 14.8 Å². The predicted octanol–water partition coefficient (Wildman–Crippen LogP) is 4.24. The molecule has 0 saturated heterocycles. The highest BCUT2D eigenvalue weighted by Crippen LogP contribution is 2.28. The number of carbonyl (C=O) groups excluding carboxylic acids is 1. The molecule has 0 aromatic heterocycles. The van der Waals surface area contributed by atoms with Crippen molar-refractivity contribution in [3.8, 4) is 5.75 Å². The second-order valence-corrected chi connectivity index (χ2v) is 5.86. The van der Waals surface area contributed by atoms with Gasteiger partial charge in [-0.3, -0.25) is 4.79 Å². The van der Waals surface area contributed by atoms with Gasteiger partial charge in [-0.1, -0.05) is 19.8 Å². The summed E-state index contributed by atoms with van der Waals surface area (Å²) in [6.45, 7) is 10.5. The van der Waals surface area contributed by atoms with Crippen LogP contribution in [0.1, 0.15) is 51.2 Å². The fourth-order valence-corrected chi connectivity index (χ4v) is 2.48. The van der Waals surface area contributed by atoms with Crippen LogP contribution in [0.5, 0.6) is 5.75 Å². The van der Waals surface area contributed by atoms with Gasteiger partial charge in [0.15, 0.2) is 0 Å². The molecular weight excluding hydrogens is 278 g/mol. The third-order valence-electron chi connectivity index (χ3n) is 3.95. The molecule has 1 aromatic carbocycles. The number of aryl methyl sites for hydroxylation is 2. The Bertz CT molecular complexity index is 490. The van der Waals surface area contributed by atoms with E-state index in [9.17, 15) is 4.79 Å². The van der Waals surface area contributed by atoms with E-state index >= 15 is 0 Å². The minimum Gasteiger partial charge on any atom is -0.493 e. The van der Waals surface area contributed by atoms with E-state index < -0.39 is 5.60 Å². The number of hydrogen-bond acceptors (Lipinski definition) is 3. The molecule has 4 heteroatoms. The first-order valence-electron chi connectivity index (χ1n) is 7.98. The van der Waals surface area contributed by atoms with Gasteiger partial charge in [-0.25, -0.2) is 0 Å². The predicted molar refractivity (Wildman–Crippen MR) is 90.7 cm³/mol. The lowest BCUT2D eigenvalue weighted by molar-refractivity contribution is -0.136. The summed E-state index contributed by atoms with van der Waals surface area (Å²) < 4.78 is 11.1. The maximum Gasteiger partial charge on any atom is 0.256 e. The summed E-state index contributed by atoms with van der Waals surface area (Å²) in [5, 5.41) is 2.97. The lowest BCUT2D eigenvalue weighted by Gasteiger charge is -2.27. The van der Waals surface area contributed by atoms with Gasteiger partial charge in [0.25, 0.3) is 5.91 Å². The number of anilines is 1.